The number of amides is 2. The molecule has 1 aromatic heterocycles. The molecule has 7 heteroatoms. The molecule has 0 radical (unpaired) electrons. The van der Waals surface area contributed by atoms with Gasteiger partial charge in [0.1, 0.15) is 12.1 Å². The zero-order valence-electron chi connectivity index (χ0n) is 17.0. The Kier molecular flexibility index (Phi) is 5.42. The third-order valence-corrected chi connectivity index (χ3v) is 6.67. The summed E-state index contributed by atoms with van der Waals surface area (Å²) in [6, 6.07) is 16.5. The predicted molar refractivity (Wildman–Crippen MR) is 124 cm³/mol. The quantitative estimate of drug-likeness (QED) is 0.618. The Balaban J connectivity index is 1.36. The lowest BCUT2D eigenvalue weighted by Crippen LogP contribution is -2.35. The summed E-state index contributed by atoms with van der Waals surface area (Å²) in [7, 11) is 0. The smallest absolute Gasteiger partial charge is 0.290 e. The Hall–Kier alpha value is -3.19. The van der Waals surface area contributed by atoms with Crippen LogP contribution in [0.5, 0.6) is 0 Å². The summed E-state index contributed by atoms with van der Waals surface area (Å²) in [6.45, 7) is 1.92. The van der Waals surface area contributed by atoms with Crippen molar-refractivity contribution < 1.29 is 9.59 Å². The maximum Gasteiger partial charge on any atom is 0.290 e. The molecule has 0 unspecified atom stereocenters. The van der Waals surface area contributed by atoms with Gasteiger partial charge in [-0.25, -0.2) is 9.97 Å². The van der Waals surface area contributed by atoms with E-state index >= 15 is 0 Å². The van der Waals surface area contributed by atoms with Gasteiger partial charge in [-0.2, -0.15) is 0 Å². The van der Waals surface area contributed by atoms with Crippen LogP contribution in [0.15, 0.2) is 59.8 Å². The molecule has 2 aromatic carbocycles. The highest BCUT2D eigenvalue weighted by atomic mass is 32.2. The van der Waals surface area contributed by atoms with Crippen molar-refractivity contribution >= 4 is 45.7 Å². The normalized spacial score (nSPS) is 18.7. The average Bonchev–Trinajstić information content (AvgIpc) is 3.11. The number of imide groups is 1. The SMILES string of the molecule is O=C1NC(=O)/C(=C/c2ccc3ncnc(N4CCC(Cc5ccccc5)CC4)c3c2)S1. The topological polar surface area (TPSA) is 75.2 Å². The number of nitrogens with zero attached hydrogens (tertiary/aromatic N) is 3. The lowest BCUT2D eigenvalue weighted by Gasteiger charge is -2.33. The summed E-state index contributed by atoms with van der Waals surface area (Å²) in [5.74, 6) is 1.27. The Morgan fingerprint density at radius 3 is 2.61 bits per heavy atom. The predicted octanol–water partition coefficient (Wildman–Crippen LogP) is 4.41. The van der Waals surface area contributed by atoms with Gasteiger partial charge in [-0.1, -0.05) is 36.4 Å². The summed E-state index contributed by atoms with van der Waals surface area (Å²) in [5.41, 5.74) is 3.13. The number of hydrogen-bond donors (Lipinski definition) is 1. The van der Waals surface area contributed by atoms with Crippen molar-refractivity contribution in [2.45, 2.75) is 19.3 Å². The van der Waals surface area contributed by atoms with Crippen molar-refractivity contribution in [2.75, 3.05) is 18.0 Å². The van der Waals surface area contributed by atoms with E-state index in [1.807, 2.05) is 18.2 Å². The molecule has 6 nitrogen and oxygen atoms in total. The van der Waals surface area contributed by atoms with Gasteiger partial charge in [-0.15, -0.1) is 0 Å². The molecule has 156 valence electrons. The van der Waals surface area contributed by atoms with Gasteiger partial charge in [-0.3, -0.25) is 14.9 Å². The van der Waals surface area contributed by atoms with Gasteiger partial charge in [0, 0.05) is 18.5 Å². The molecular weight excluding hydrogens is 408 g/mol. The summed E-state index contributed by atoms with van der Waals surface area (Å²) >= 11 is 0.927. The molecule has 0 bridgehead atoms. The van der Waals surface area contributed by atoms with Crippen LogP contribution >= 0.6 is 11.8 Å². The van der Waals surface area contributed by atoms with Crippen molar-refractivity contribution in [3.8, 4) is 0 Å². The largest absolute Gasteiger partial charge is 0.356 e. The molecule has 1 N–H and O–H groups in total. The Morgan fingerprint density at radius 1 is 1.06 bits per heavy atom. The van der Waals surface area contributed by atoms with Gasteiger partial charge >= 0.3 is 0 Å². The van der Waals surface area contributed by atoms with Crippen LogP contribution in [0.3, 0.4) is 0 Å². The number of benzene rings is 2. The Labute approximate surface area is 184 Å². The molecule has 2 amide bonds. The Morgan fingerprint density at radius 2 is 1.87 bits per heavy atom. The first-order valence-electron chi connectivity index (χ1n) is 10.4. The molecule has 0 saturated carbocycles. The number of carbonyl (C=O) groups is 2. The number of anilines is 1. The number of piperidine rings is 1. The van der Waals surface area contributed by atoms with Crippen LogP contribution in [0.2, 0.25) is 0 Å². The summed E-state index contributed by atoms with van der Waals surface area (Å²) in [5, 5.41) is 2.92. The first-order valence-corrected chi connectivity index (χ1v) is 11.3. The number of thioether (sulfide) groups is 1. The van der Waals surface area contributed by atoms with E-state index in [0.717, 1.165) is 66.4 Å². The molecule has 0 aliphatic carbocycles. The second-order valence-corrected chi connectivity index (χ2v) is 8.96. The first kappa shape index (κ1) is 19.8. The fourth-order valence-electron chi connectivity index (χ4n) is 4.27. The average molecular weight is 431 g/mol. The number of hydrogen-bond acceptors (Lipinski definition) is 6. The first-order chi connectivity index (χ1) is 15.2. The van der Waals surface area contributed by atoms with Gasteiger partial charge in [0.05, 0.1) is 10.4 Å². The maximum absolute atomic E-state index is 11.9. The van der Waals surface area contributed by atoms with Crippen LogP contribution in [0, 0.1) is 5.92 Å². The minimum Gasteiger partial charge on any atom is -0.356 e. The minimum atomic E-state index is -0.347. The van der Waals surface area contributed by atoms with Crippen molar-refractivity contribution in [3.63, 3.8) is 0 Å². The highest BCUT2D eigenvalue weighted by Gasteiger charge is 2.25. The lowest BCUT2D eigenvalue weighted by atomic mass is 9.90. The van der Waals surface area contributed by atoms with E-state index < -0.39 is 0 Å². The van der Waals surface area contributed by atoms with Crippen molar-refractivity contribution in [2.24, 2.45) is 5.92 Å². The third kappa shape index (κ3) is 4.32. The maximum atomic E-state index is 11.9. The second kappa shape index (κ2) is 8.51. The monoisotopic (exact) mass is 430 g/mol. The number of aromatic nitrogens is 2. The van der Waals surface area contributed by atoms with Gasteiger partial charge in [0.15, 0.2) is 0 Å². The van der Waals surface area contributed by atoms with E-state index in [1.165, 1.54) is 5.56 Å². The number of rotatable bonds is 4. The third-order valence-electron chi connectivity index (χ3n) is 5.86. The highest BCUT2D eigenvalue weighted by Crippen LogP contribution is 2.31. The van der Waals surface area contributed by atoms with Crippen molar-refractivity contribution in [3.05, 3.63) is 70.9 Å². The van der Waals surface area contributed by atoms with Crippen molar-refractivity contribution in [1.29, 1.82) is 0 Å². The van der Waals surface area contributed by atoms with Crippen LogP contribution < -0.4 is 10.2 Å². The van der Waals surface area contributed by atoms with Crippen LogP contribution in [0.4, 0.5) is 10.6 Å². The molecule has 2 aliphatic heterocycles. The lowest BCUT2D eigenvalue weighted by molar-refractivity contribution is -0.115. The number of carbonyl (C=O) groups excluding carboxylic acids is 2. The standard InChI is InChI=1S/C24H22N4O2S/c29-23-21(31-24(30)27-23)14-18-6-7-20-19(13-18)22(26-15-25-20)28-10-8-17(9-11-28)12-16-4-2-1-3-5-16/h1-7,13-15,17H,8-12H2,(H,27,29,30)/b21-14-. The van der Waals surface area contributed by atoms with E-state index in [0.29, 0.717) is 10.8 Å². The summed E-state index contributed by atoms with van der Waals surface area (Å²) in [6.07, 6.45) is 6.74. The molecule has 3 heterocycles. The molecule has 2 fully saturated rings. The van der Waals surface area contributed by atoms with E-state index in [-0.39, 0.29) is 11.1 Å². The summed E-state index contributed by atoms with van der Waals surface area (Å²) in [4.78, 5) is 35.1. The molecule has 2 saturated heterocycles. The molecule has 5 rings (SSSR count). The molecule has 2 aliphatic rings. The Bertz CT molecular complexity index is 1170. The molecule has 0 atom stereocenters. The minimum absolute atomic E-state index is 0.334. The number of fused-ring (bicyclic) bond motifs is 1. The van der Waals surface area contributed by atoms with E-state index in [9.17, 15) is 9.59 Å². The van der Waals surface area contributed by atoms with Crippen LogP contribution in [-0.4, -0.2) is 34.2 Å². The van der Waals surface area contributed by atoms with Gasteiger partial charge in [0.25, 0.3) is 11.1 Å². The fraction of sp³-hybridized carbons (Fsp3) is 0.250. The van der Waals surface area contributed by atoms with Crippen LogP contribution in [-0.2, 0) is 11.2 Å². The van der Waals surface area contributed by atoms with E-state index in [1.54, 1.807) is 12.4 Å². The van der Waals surface area contributed by atoms with E-state index in [2.05, 4.69) is 50.5 Å². The van der Waals surface area contributed by atoms with Crippen LogP contribution in [0.25, 0.3) is 17.0 Å². The van der Waals surface area contributed by atoms with E-state index in [4.69, 9.17) is 0 Å². The van der Waals surface area contributed by atoms with Crippen molar-refractivity contribution in [1.82, 2.24) is 15.3 Å². The van der Waals surface area contributed by atoms with Gasteiger partial charge in [0.2, 0.25) is 0 Å². The molecule has 3 aromatic rings. The molecular formula is C24H22N4O2S. The zero-order valence-corrected chi connectivity index (χ0v) is 17.8. The fourth-order valence-corrected chi connectivity index (χ4v) is 4.95. The zero-order chi connectivity index (χ0) is 21.2. The van der Waals surface area contributed by atoms with Gasteiger partial charge in [-0.05, 0) is 66.3 Å². The number of nitrogens with one attached hydrogen (secondary N) is 1. The molecule has 31 heavy (non-hydrogen) atoms. The van der Waals surface area contributed by atoms with Gasteiger partial charge < -0.3 is 4.90 Å². The highest BCUT2D eigenvalue weighted by molar-refractivity contribution is 8.18. The summed E-state index contributed by atoms with van der Waals surface area (Å²) < 4.78 is 0. The second-order valence-electron chi connectivity index (χ2n) is 7.95. The van der Waals surface area contributed by atoms with Crippen LogP contribution in [0.1, 0.15) is 24.0 Å². The molecule has 0 spiro atoms.